The molecule has 1 aliphatic heterocycles. The topological polar surface area (TPSA) is 62.2 Å². The number of pyridine rings is 1. The molecule has 6 nitrogen and oxygen atoms in total. The Morgan fingerprint density at radius 2 is 1.82 bits per heavy atom. The lowest BCUT2D eigenvalue weighted by molar-refractivity contribution is -0.116. The summed E-state index contributed by atoms with van der Waals surface area (Å²) in [6.45, 7) is 0.171. The molecule has 2 aliphatic rings. The highest BCUT2D eigenvalue weighted by atomic mass is 32.1. The highest BCUT2D eigenvalue weighted by Gasteiger charge is 2.42. The molecule has 3 aromatic rings. The van der Waals surface area contributed by atoms with Crippen molar-refractivity contribution in [2.24, 2.45) is 0 Å². The van der Waals surface area contributed by atoms with E-state index in [9.17, 15) is 4.79 Å². The van der Waals surface area contributed by atoms with Gasteiger partial charge in [-0.25, -0.2) is 0 Å². The van der Waals surface area contributed by atoms with Crippen LogP contribution in [0.2, 0.25) is 0 Å². The highest BCUT2D eigenvalue weighted by molar-refractivity contribution is 7.80. The maximum Gasteiger partial charge on any atom is 0.244 e. The Bertz CT molecular complexity index is 1090. The van der Waals surface area contributed by atoms with Crippen molar-refractivity contribution in [3.8, 4) is 0 Å². The molecule has 33 heavy (non-hydrogen) atoms. The third kappa shape index (κ3) is 4.64. The third-order valence-corrected chi connectivity index (χ3v) is 7.00. The van der Waals surface area contributed by atoms with Gasteiger partial charge in [0.05, 0.1) is 17.8 Å². The van der Waals surface area contributed by atoms with Crippen molar-refractivity contribution in [2.45, 2.75) is 50.2 Å². The molecule has 2 aromatic heterocycles. The number of aromatic nitrogens is 2. The van der Waals surface area contributed by atoms with Crippen LogP contribution in [0.25, 0.3) is 0 Å². The predicted octanol–water partition coefficient (Wildman–Crippen LogP) is 5.00. The molecule has 0 radical (unpaired) electrons. The number of amides is 1. The second kappa shape index (κ2) is 9.75. The van der Waals surface area contributed by atoms with E-state index in [1.54, 1.807) is 0 Å². The van der Waals surface area contributed by atoms with Gasteiger partial charge in [-0.2, -0.15) is 0 Å². The summed E-state index contributed by atoms with van der Waals surface area (Å²) >= 11 is 5.75. The van der Waals surface area contributed by atoms with Crippen LogP contribution in [-0.2, 0) is 4.79 Å². The summed E-state index contributed by atoms with van der Waals surface area (Å²) in [5.74, 6) is -0.0900. The number of hydrogen-bond acceptors (Lipinski definition) is 3. The van der Waals surface area contributed by atoms with E-state index < -0.39 is 0 Å². The maximum absolute atomic E-state index is 13.0. The molecular formula is C26H29N5OS. The number of rotatable bonds is 6. The van der Waals surface area contributed by atoms with Gasteiger partial charge in [-0.1, -0.05) is 43.5 Å². The van der Waals surface area contributed by atoms with Gasteiger partial charge < -0.3 is 20.1 Å². The zero-order valence-corrected chi connectivity index (χ0v) is 19.4. The minimum absolute atomic E-state index is 0.0900. The van der Waals surface area contributed by atoms with Crippen LogP contribution in [0.15, 0.2) is 73.1 Å². The van der Waals surface area contributed by atoms with Crippen LogP contribution in [0, 0.1) is 0 Å². The van der Waals surface area contributed by atoms with Gasteiger partial charge in [0.15, 0.2) is 5.11 Å². The standard InChI is InChI=1S/C26H29N5OS/c32-23(28-19-10-3-1-4-11-19)18-31-25(24(29-26(31)33)21-14-7-8-16-27-21)22-15-9-17-30(22)20-12-5-2-6-13-20/h1,3-4,7-11,14-17,20,24-25H,2,5-6,12-13,18H2,(H,28,32)(H,29,33)/t24-,25-/m0/s1. The molecule has 1 saturated carbocycles. The van der Waals surface area contributed by atoms with Gasteiger partial charge >= 0.3 is 0 Å². The average Bonchev–Trinajstić information content (AvgIpc) is 3.45. The lowest BCUT2D eigenvalue weighted by atomic mass is 9.94. The van der Waals surface area contributed by atoms with Gasteiger partial charge in [0.25, 0.3) is 0 Å². The van der Waals surface area contributed by atoms with Crippen molar-refractivity contribution in [1.82, 2.24) is 19.8 Å². The molecule has 0 bridgehead atoms. The van der Waals surface area contributed by atoms with Crippen LogP contribution in [0.1, 0.15) is 61.6 Å². The number of nitrogens with zero attached hydrogens (tertiary/aromatic N) is 3. The molecule has 1 amide bonds. The molecule has 5 rings (SSSR count). The number of carbonyl (C=O) groups is 1. The Morgan fingerprint density at radius 3 is 2.58 bits per heavy atom. The summed E-state index contributed by atoms with van der Waals surface area (Å²) in [5.41, 5.74) is 2.88. The molecule has 7 heteroatoms. The summed E-state index contributed by atoms with van der Waals surface area (Å²) in [7, 11) is 0. The SMILES string of the molecule is O=C(CN1C(=S)N[C@@H](c2ccccn2)[C@@H]1c1cccn1C1CCCCC1)Nc1ccccc1. The Hall–Kier alpha value is -3.19. The zero-order chi connectivity index (χ0) is 22.6. The number of nitrogens with one attached hydrogen (secondary N) is 2. The fourth-order valence-corrected chi connectivity index (χ4v) is 5.43. The van der Waals surface area contributed by atoms with Gasteiger partial charge in [-0.05, 0) is 61.5 Å². The van der Waals surface area contributed by atoms with Gasteiger partial charge in [0.1, 0.15) is 6.54 Å². The average molecular weight is 460 g/mol. The molecule has 1 saturated heterocycles. The molecule has 0 unspecified atom stereocenters. The van der Waals surface area contributed by atoms with E-state index in [1.165, 1.54) is 37.8 Å². The molecule has 2 fully saturated rings. The van der Waals surface area contributed by atoms with Crippen molar-refractivity contribution in [3.63, 3.8) is 0 Å². The fraction of sp³-hybridized carbons (Fsp3) is 0.346. The van der Waals surface area contributed by atoms with Crippen molar-refractivity contribution in [2.75, 3.05) is 11.9 Å². The minimum Gasteiger partial charge on any atom is -0.352 e. The van der Waals surface area contributed by atoms with Crippen LogP contribution >= 0.6 is 12.2 Å². The first kappa shape index (κ1) is 21.6. The first-order chi connectivity index (χ1) is 16.2. The zero-order valence-electron chi connectivity index (χ0n) is 18.6. The number of carbonyl (C=O) groups excluding carboxylic acids is 1. The molecule has 1 aliphatic carbocycles. The number of hydrogen-bond donors (Lipinski definition) is 2. The van der Waals surface area contributed by atoms with E-state index in [0.717, 1.165) is 11.4 Å². The first-order valence-corrected chi connectivity index (χ1v) is 12.1. The molecule has 3 heterocycles. The summed E-state index contributed by atoms with van der Waals surface area (Å²) < 4.78 is 2.41. The van der Waals surface area contributed by atoms with Gasteiger partial charge in [0.2, 0.25) is 5.91 Å². The largest absolute Gasteiger partial charge is 0.352 e. The van der Waals surface area contributed by atoms with E-state index in [2.05, 4.69) is 38.5 Å². The van der Waals surface area contributed by atoms with Crippen LogP contribution < -0.4 is 10.6 Å². The van der Waals surface area contributed by atoms with E-state index in [-0.39, 0.29) is 24.5 Å². The molecular weight excluding hydrogens is 430 g/mol. The van der Waals surface area contributed by atoms with Crippen LogP contribution in [-0.4, -0.2) is 32.0 Å². The van der Waals surface area contributed by atoms with Gasteiger partial charge in [0, 0.05) is 29.8 Å². The Labute approximate surface area is 200 Å². The summed E-state index contributed by atoms with van der Waals surface area (Å²) in [6, 6.07) is 20.0. The van der Waals surface area contributed by atoms with Crippen molar-refractivity contribution < 1.29 is 4.79 Å². The lowest BCUT2D eigenvalue weighted by Gasteiger charge is -2.32. The van der Waals surface area contributed by atoms with Crippen molar-refractivity contribution in [1.29, 1.82) is 0 Å². The van der Waals surface area contributed by atoms with E-state index in [4.69, 9.17) is 12.2 Å². The number of thiocarbonyl (C=S) groups is 1. The monoisotopic (exact) mass is 459 g/mol. The molecule has 170 valence electrons. The second-order valence-electron chi connectivity index (χ2n) is 8.80. The minimum atomic E-state index is -0.125. The van der Waals surface area contributed by atoms with Gasteiger partial charge in [-0.3, -0.25) is 9.78 Å². The predicted molar refractivity (Wildman–Crippen MR) is 134 cm³/mol. The second-order valence-corrected chi connectivity index (χ2v) is 9.19. The fourth-order valence-electron chi connectivity index (χ4n) is 5.12. The Kier molecular flexibility index (Phi) is 6.39. The number of anilines is 1. The first-order valence-electron chi connectivity index (χ1n) is 11.7. The smallest absolute Gasteiger partial charge is 0.244 e. The highest BCUT2D eigenvalue weighted by Crippen LogP contribution is 2.41. The van der Waals surface area contributed by atoms with E-state index in [1.807, 2.05) is 59.6 Å². The van der Waals surface area contributed by atoms with E-state index in [0.29, 0.717) is 11.2 Å². The molecule has 2 atom stereocenters. The van der Waals surface area contributed by atoms with Crippen LogP contribution in [0.4, 0.5) is 5.69 Å². The summed E-state index contributed by atoms with van der Waals surface area (Å²) in [4.78, 5) is 19.6. The van der Waals surface area contributed by atoms with Crippen LogP contribution in [0.3, 0.4) is 0 Å². The normalized spacial score (nSPS) is 21.1. The van der Waals surface area contributed by atoms with Crippen LogP contribution in [0.5, 0.6) is 0 Å². The van der Waals surface area contributed by atoms with Crippen molar-refractivity contribution >= 4 is 28.9 Å². The Morgan fingerprint density at radius 1 is 1.03 bits per heavy atom. The van der Waals surface area contributed by atoms with Crippen molar-refractivity contribution in [3.05, 3.63) is 84.4 Å². The molecule has 0 spiro atoms. The molecule has 2 N–H and O–H groups in total. The summed E-state index contributed by atoms with van der Waals surface area (Å²) in [5, 5.41) is 7.04. The number of benzene rings is 1. The Balaban J connectivity index is 1.46. The lowest BCUT2D eigenvalue weighted by Crippen LogP contribution is -2.37. The number of para-hydroxylation sites is 1. The van der Waals surface area contributed by atoms with Gasteiger partial charge in [-0.15, -0.1) is 0 Å². The van der Waals surface area contributed by atoms with E-state index >= 15 is 0 Å². The molecule has 1 aromatic carbocycles. The maximum atomic E-state index is 13.0. The third-order valence-electron chi connectivity index (χ3n) is 6.65. The quantitative estimate of drug-likeness (QED) is 0.508. The summed E-state index contributed by atoms with van der Waals surface area (Å²) in [6.07, 6.45) is 10.2.